The van der Waals surface area contributed by atoms with Crippen molar-refractivity contribution in [3.63, 3.8) is 0 Å². The van der Waals surface area contributed by atoms with Crippen LogP contribution >= 0.6 is 0 Å². The van der Waals surface area contributed by atoms with Gasteiger partial charge in [-0.15, -0.1) is 0 Å². The molecule has 4 aromatic carbocycles. The molecule has 7 rings (SSSR count). The Morgan fingerprint density at radius 1 is 0.731 bits per heavy atom. The fraction of sp³-hybridized carbons (Fsp3) is 0.349. The second-order valence-corrected chi connectivity index (χ2v) is 13.7. The van der Waals surface area contributed by atoms with Crippen LogP contribution in [-0.2, 0) is 27.2 Å². The first-order valence-corrected chi connectivity index (χ1v) is 18.2. The first-order chi connectivity index (χ1) is 25.4. The SMILES string of the molecule is C=C1CC[C@H](N2Cc3cc(OCCCOCCOCCOc4ccc([C@H]5c6ccc(O)cc6CC[C@H]5c5ccccc5)cc4)ccc3C2=O)C(=O)N1. The molecule has 2 aliphatic heterocycles. The lowest BCUT2D eigenvalue weighted by molar-refractivity contribution is -0.126. The number of rotatable bonds is 15. The van der Waals surface area contributed by atoms with Crippen LogP contribution in [0.2, 0.25) is 0 Å². The number of nitrogens with zero attached hydrogens (tertiary/aromatic N) is 1. The van der Waals surface area contributed by atoms with Crippen LogP contribution in [0.4, 0.5) is 0 Å². The molecule has 0 spiro atoms. The van der Waals surface area contributed by atoms with E-state index in [1.54, 1.807) is 23.1 Å². The molecule has 3 atom stereocenters. The molecule has 3 aliphatic rings. The molecule has 1 saturated heterocycles. The molecule has 2 N–H and O–H groups in total. The number of carbonyl (C=O) groups excluding carboxylic acids is 2. The number of amides is 2. The highest BCUT2D eigenvalue weighted by atomic mass is 16.5. The van der Waals surface area contributed by atoms with E-state index in [1.807, 2.05) is 24.3 Å². The number of aryl methyl sites for hydroxylation is 1. The topological polar surface area (TPSA) is 107 Å². The molecule has 52 heavy (non-hydrogen) atoms. The minimum Gasteiger partial charge on any atom is -0.508 e. The summed E-state index contributed by atoms with van der Waals surface area (Å²) in [6.45, 7) is 7.12. The van der Waals surface area contributed by atoms with Gasteiger partial charge in [0, 0.05) is 36.8 Å². The van der Waals surface area contributed by atoms with Crippen molar-refractivity contribution in [3.8, 4) is 17.2 Å². The Balaban J connectivity index is 0.784. The van der Waals surface area contributed by atoms with Gasteiger partial charge in [0.2, 0.25) is 5.91 Å². The van der Waals surface area contributed by atoms with Crippen molar-refractivity contribution in [2.75, 3.05) is 39.6 Å². The summed E-state index contributed by atoms with van der Waals surface area (Å²) in [7, 11) is 0. The van der Waals surface area contributed by atoms with Gasteiger partial charge in [-0.05, 0) is 102 Å². The number of fused-ring (bicyclic) bond motifs is 2. The summed E-state index contributed by atoms with van der Waals surface area (Å²) < 4.78 is 23.3. The third-order valence-corrected chi connectivity index (χ3v) is 10.2. The second-order valence-electron chi connectivity index (χ2n) is 13.7. The first kappa shape index (κ1) is 35.3. The maximum atomic E-state index is 12.9. The molecule has 0 saturated carbocycles. The summed E-state index contributed by atoms with van der Waals surface area (Å²) in [5.74, 6) is 2.10. The Bertz CT molecular complexity index is 1880. The minimum absolute atomic E-state index is 0.118. The smallest absolute Gasteiger partial charge is 0.255 e. The number of ether oxygens (including phenoxy) is 4. The van der Waals surface area contributed by atoms with Crippen LogP contribution in [0.3, 0.4) is 0 Å². The summed E-state index contributed by atoms with van der Waals surface area (Å²) in [5.41, 5.74) is 7.26. The van der Waals surface area contributed by atoms with Crippen LogP contribution in [-0.4, -0.2) is 67.5 Å². The van der Waals surface area contributed by atoms with Gasteiger partial charge in [0.05, 0.1) is 26.4 Å². The zero-order valence-electron chi connectivity index (χ0n) is 29.4. The van der Waals surface area contributed by atoms with Crippen molar-refractivity contribution < 1.29 is 33.6 Å². The molecule has 1 aliphatic carbocycles. The molecule has 0 radical (unpaired) electrons. The lowest BCUT2D eigenvalue weighted by Gasteiger charge is -2.34. The third-order valence-electron chi connectivity index (χ3n) is 10.2. The largest absolute Gasteiger partial charge is 0.508 e. The molecule has 0 aromatic heterocycles. The Morgan fingerprint density at radius 3 is 2.29 bits per heavy atom. The van der Waals surface area contributed by atoms with Gasteiger partial charge >= 0.3 is 0 Å². The third kappa shape index (κ3) is 8.16. The highest BCUT2D eigenvalue weighted by molar-refractivity contribution is 6.01. The average molecular weight is 703 g/mol. The summed E-state index contributed by atoms with van der Waals surface area (Å²) in [6, 6.07) is 29.9. The van der Waals surface area contributed by atoms with E-state index in [9.17, 15) is 14.7 Å². The minimum atomic E-state index is -0.473. The first-order valence-electron chi connectivity index (χ1n) is 18.2. The molecule has 9 nitrogen and oxygen atoms in total. The van der Waals surface area contributed by atoms with Crippen molar-refractivity contribution in [3.05, 3.63) is 137 Å². The number of aromatic hydroxyl groups is 1. The zero-order chi connectivity index (χ0) is 35.9. The predicted molar refractivity (Wildman–Crippen MR) is 198 cm³/mol. The van der Waals surface area contributed by atoms with Gasteiger partial charge in [0.25, 0.3) is 5.91 Å². The highest BCUT2D eigenvalue weighted by Gasteiger charge is 2.38. The van der Waals surface area contributed by atoms with Crippen molar-refractivity contribution >= 4 is 11.8 Å². The fourth-order valence-corrected chi connectivity index (χ4v) is 7.66. The number of allylic oxidation sites excluding steroid dienone is 1. The van der Waals surface area contributed by atoms with Crippen LogP contribution in [0.25, 0.3) is 0 Å². The normalized spacial score (nSPS) is 19.6. The fourth-order valence-electron chi connectivity index (χ4n) is 7.66. The summed E-state index contributed by atoms with van der Waals surface area (Å²) in [6.07, 6.45) is 3.95. The summed E-state index contributed by atoms with van der Waals surface area (Å²) >= 11 is 0. The molecular weight excluding hydrogens is 656 g/mol. The van der Waals surface area contributed by atoms with Crippen LogP contribution in [0, 0.1) is 0 Å². The van der Waals surface area contributed by atoms with E-state index in [1.165, 1.54) is 22.3 Å². The Kier molecular flexibility index (Phi) is 11.2. The van der Waals surface area contributed by atoms with Gasteiger partial charge < -0.3 is 34.3 Å². The number of benzene rings is 4. The van der Waals surface area contributed by atoms with Crippen LogP contribution in [0.5, 0.6) is 17.2 Å². The number of hydrogen-bond acceptors (Lipinski definition) is 7. The number of phenolic OH excluding ortho intramolecular Hbond substituents is 1. The molecule has 4 aromatic rings. The molecule has 1 fully saturated rings. The van der Waals surface area contributed by atoms with Gasteiger partial charge in [-0.1, -0.05) is 55.1 Å². The maximum absolute atomic E-state index is 12.9. The van der Waals surface area contributed by atoms with Gasteiger partial charge in [-0.25, -0.2) is 0 Å². The van der Waals surface area contributed by atoms with Crippen molar-refractivity contribution in [2.24, 2.45) is 0 Å². The lowest BCUT2D eigenvalue weighted by atomic mass is 9.69. The van der Waals surface area contributed by atoms with Gasteiger partial charge in [-0.3, -0.25) is 9.59 Å². The molecule has 0 unspecified atom stereocenters. The predicted octanol–water partition coefficient (Wildman–Crippen LogP) is 6.88. The van der Waals surface area contributed by atoms with Crippen molar-refractivity contribution in [1.29, 1.82) is 0 Å². The standard InChI is InChI=1S/C43H46N2O7/c1-29-8-19-40(42(47)44-29)45-28-33-27-36(15-18-39(33)43(45)48)51-21-5-20-49-22-23-50-24-25-52-35-13-9-31(10-14-35)41-37(30-6-3-2-4-7-30)16-11-32-26-34(46)12-17-38(32)41/h2-4,6-7,9-10,12-15,17-18,26-27,37,40-41,46H,1,5,8,11,16,19-25,28H2,(H,44,47)/t37-,40-,41+/m0/s1. The van der Waals surface area contributed by atoms with E-state index in [2.05, 4.69) is 60.4 Å². The van der Waals surface area contributed by atoms with Gasteiger partial charge in [0.1, 0.15) is 29.9 Å². The van der Waals surface area contributed by atoms with Crippen LogP contribution < -0.4 is 14.8 Å². The second kappa shape index (κ2) is 16.5. The van der Waals surface area contributed by atoms with E-state index in [-0.39, 0.29) is 17.7 Å². The van der Waals surface area contributed by atoms with E-state index >= 15 is 0 Å². The Labute approximate surface area is 305 Å². The number of piperidine rings is 1. The lowest BCUT2D eigenvalue weighted by Crippen LogP contribution is -2.49. The van der Waals surface area contributed by atoms with E-state index < -0.39 is 6.04 Å². The van der Waals surface area contributed by atoms with E-state index in [0.717, 1.165) is 24.2 Å². The van der Waals surface area contributed by atoms with E-state index in [4.69, 9.17) is 18.9 Å². The highest BCUT2D eigenvalue weighted by Crippen LogP contribution is 2.47. The molecular formula is C43H46N2O7. The molecule has 2 amide bonds. The summed E-state index contributed by atoms with van der Waals surface area (Å²) in [4.78, 5) is 27.0. The molecule has 270 valence electrons. The maximum Gasteiger partial charge on any atom is 0.255 e. The number of carbonyl (C=O) groups is 2. The molecule has 2 heterocycles. The monoisotopic (exact) mass is 702 g/mol. The Hall–Kier alpha value is -5.12. The van der Waals surface area contributed by atoms with Crippen molar-refractivity contribution in [1.82, 2.24) is 10.2 Å². The number of phenols is 1. The van der Waals surface area contributed by atoms with Gasteiger partial charge in [0.15, 0.2) is 0 Å². The average Bonchev–Trinajstić information content (AvgIpc) is 3.48. The quantitative estimate of drug-likeness (QED) is 0.130. The Morgan fingerprint density at radius 2 is 1.48 bits per heavy atom. The summed E-state index contributed by atoms with van der Waals surface area (Å²) in [5, 5.41) is 12.9. The van der Waals surface area contributed by atoms with Gasteiger partial charge in [-0.2, -0.15) is 0 Å². The van der Waals surface area contributed by atoms with Crippen LogP contribution in [0.15, 0.2) is 103 Å². The van der Waals surface area contributed by atoms with Crippen LogP contribution in [0.1, 0.15) is 75.7 Å². The zero-order valence-corrected chi connectivity index (χ0v) is 29.4. The van der Waals surface area contributed by atoms with Crippen molar-refractivity contribution in [2.45, 2.75) is 56.5 Å². The molecule has 9 heteroatoms. The van der Waals surface area contributed by atoms with E-state index in [0.29, 0.717) is 94.1 Å². The number of nitrogens with one attached hydrogen (secondary N) is 1. The molecule has 0 bridgehead atoms. The number of hydrogen-bond donors (Lipinski definition) is 2.